The van der Waals surface area contributed by atoms with Gasteiger partial charge in [-0.15, -0.1) is 0 Å². The maximum atomic E-state index is 11.6. The van der Waals surface area contributed by atoms with Crippen LogP contribution in [-0.4, -0.2) is 55.1 Å². The maximum absolute atomic E-state index is 11.6. The molecule has 0 atom stereocenters. The van der Waals surface area contributed by atoms with Gasteiger partial charge in [-0.05, 0) is 24.7 Å². The standard InChI is InChI=1S/C16H22N2O2/c1-17(2)16(20)13-18(3)12-15-9-6-8-14(11-15)7-4-5-10-19/h6,8-9,11,19H,5,10,12-13H2,1-3H3. The Morgan fingerprint density at radius 2 is 2.05 bits per heavy atom. The SMILES string of the molecule is CN(CC(=O)N(C)C)Cc1cccc(C#CCCO)c1. The van der Waals surface area contributed by atoms with Crippen LogP contribution in [0.1, 0.15) is 17.5 Å². The molecular formula is C16H22N2O2. The molecule has 0 aliphatic carbocycles. The van der Waals surface area contributed by atoms with E-state index in [1.807, 2.05) is 36.2 Å². The van der Waals surface area contributed by atoms with E-state index in [1.165, 1.54) is 0 Å². The van der Waals surface area contributed by atoms with E-state index in [-0.39, 0.29) is 12.5 Å². The van der Waals surface area contributed by atoms with Crippen molar-refractivity contribution in [3.8, 4) is 11.8 Å². The first-order valence-corrected chi connectivity index (χ1v) is 6.60. The van der Waals surface area contributed by atoms with Crippen LogP contribution in [0.4, 0.5) is 0 Å². The molecule has 0 spiro atoms. The average molecular weight is 274 g/mol. The second kappa shape index (κ2) is 8.36. The predicted octanol–water partition coefficient (Wildman–Crippen LogP) is 0.940. The summed E-state index contributed by atoms with van der Waals surface area (Å²) in [5.41, 5.74) is 2.05. The first-order valence-electron chi connectivity index (χ1n) is 6.60. The summed E-state index contributed by atoms with van der Waals surface area (Å²) in [6.45, 7) is 1.19. The zero-order chi connectivity index (χ0) is 15.0. The third-order valence-corrected chi connectivity index (χ3v) is 2.75. The van der Waals surface area contributed by atoms with Crippen LogP contribution in [0.5, 0.6) is 0 Å². The molecule has 0 saturated carbocycles. The molecule has 0 radical (unpaired) electrons. The Balaban J connectivity index is 2.62. The Bertz CT molecular complexity index is 501. The zero-order valence-electron chi connectivity index (χ0n) is 12.4. The first kappa shape index (κ1) is 16.2. The number of hydrogen-bond acceptors (Lipinski definition) is 3. The van der Waals surface area contributed by atoms with Crippen LogP contribution in [0, 0.1) is 11.8 Å². The summed E-state index contributed by atoms with van der Waals surface area (Å²) in [5.74, 6) is 6.01. The summed E-state index contributed by atoms with van der Waals surface area (Å²) in [6.07, 6.45) is 0.488. The Hall–Kier alpha value is -1.83. The number of amides is 1. The minimum Gasteiger partial charge on any atom is -0.395 e. The fraction of sp³-hybridized carbons (Fsp3) is 0.438. The lowest BCUT2D eigenvalue weighted by atomic mass is 10.1. The molecule has 1 aromatic carbocycles. The predicted molar refractivity (Wildman–Crippen MR) is 80.1 cm³/mol. The van der Waals surface area contributed by atoms with Crippen LogP contribution in [0.3, 0.4) is 0 Å². The summed E-state index contributed by atoms with van der Waals surface area (Å²) in [4.78, 5) is 15.2. The van der Waals surface area contributed by atoms with Crippen molar-refractivity contribution in [2.24, 2.45) is 0 Å². The number of carbonyl (C=O) groups is 1. The van der Waals surface area contributed by atoms with Crippen LogP contribution in [0.2, 0.25) is 0 Å². The van der Waals surface area contributed by atoms with E-state index in [0.29, 0.717) is 19.5 Å². The third-order valence-electron chi connectivity index (χ3n) is 2.75. The molecule has 0 heterocycles. The summed E-state index contributed by atoms with van der Waals surface area (Å²) >= 11 is 0. The second-order valence-corrected chi connectivity index (χ2v) is 4.94. The van der Waals surface area contributed by atoms with Gasteiger partial charge in [0.2, 0.25) is 5.91 Å². The van der Waals surface area contributed by atoms with Crippen LogP contribution >= 0.6 is 0 Å². The second-order valence-electron chi connectivity index (χ2n) is 4.94. The molecule has 1 aromatic rings. The lowest BCUT2D eigenvalue weighted by molar-refractivity contribution is -0.129. The topological polar surface area (TPSA) is 43.8 Å². The van der Waals surface area contributed by atoms with Crippen molar-refractivity contribution in [2.45, 2.75) is 13.0 Å². The lowest BCUT2D eigenvalue weighted by Crippen LogP contribution is -2.34. The molecule has 1 amide bonds. The largest absolute Gasteiger partial charge is 0.395 e. The number of carbonyl (C=O) groups excluding carboxylic acids is 1. The highest BCUT2D eigenvalue weighted by Crippen LogP contribution is 2.07. The van der Waals surface area contributed by atoms with Gasteiger partial charge in [-0.3, -0.25) is 9.69 Å². The van der Waals surface area contributed by atoms with Crippen LogP contribution in [-0.2, 0) is 11.3 Å². The highest BCUT2D eigenvalue weighted by molar-refractivity contribution is 5.77. The minimum absolute atomic E-state index is 0.0854. The molecule has 0 aliphatic heterocycles. The van der Waals surface area contributed by atoms with Gasteiger partial charge in [-0.1, -0.05) is 24.0 Å². The van der Waals surface area contributed by atoms with E-state index in [1.54, 1.807) is 19.0 Å². The molecule has 0 aliphatic rings. The summed E-state index contributed by atoms with van der Waals surface area (Å²) in [6, 6.07) is 7.94. The molecule has 4 heteroatoms. The molecule has 4 nitrogen and oxygen atoms in total. The van der Waals surface area contributed by atoms with Gasteiger partial charge in [0, 0.05) is 32.6 Å². The van der Waals surface area contributed by atoms with Gasteiger partial charge in [-0.25, -0.2) is 0 Å². The molecule has 0 saturated heterocycles. The quantitative estimate of drug-likeness (QED) is 0.813. The zero-order valence-corrected chi connectivity index (χ0v) is 12.4. The number of nitrogens with zero attached hydrogens (tertiary/aromatic N) is 2. The molecule has 1 rings (SSSR count). The summed E-state index contributed by atoms with van der Waals surface area (Å²) in [5, 5.41) is 8.70. The van der Waals surface area contributed by atoms with Crippen molar-refractivity contribution in [1.29, 1.82) is 0 Å². The molecule has 0 bridgehead atoms. The Morgan fingerprint density at radius 1 is 1.30 bits per heavy atom. The normalized spacial score (nSPS) is 10.1. The molecule has 108 valence electrons. The lowest BCUT2D eigenvalue weighted by Gasteiger charge is -2.19. The Morgan fingerprint density at radius 3 is 2.70 bits per heavy atom. The van der Waals surface area contributed by atoms with Crippen molar-refractivity contribution in [1.82, 2.24) is 9.80 Å². The van der Waals surface area contributed by atoms with Crippen LogP contribution in [0.25, 0.3) is 0 Å². The molecule has 0 aromatic heterocycles. The summed E-state index contributed by atoms with van der Waals surface area (Å²) in [7, 11) is 5.44. The van der Waals surface area contributed by atoms with Gasteiger partial charge in [0.1, 0.15) is 0 Å². The number of aliphatic hydroxyl groups is 1. The number of hydrogen-bond donors (Lipinski definition) is 1. The highest BCUT2D eigenvalue weighted by atomic mass is 16.2. The smallest absolute Gasteiger partial charge is 0.236 e. The fourth-order valence-corrected chi connectivity index (χ4v) is 1.71. The van der Waals surface area contributed by atoms with Crippen molar-refractivity contribution in [3.63, 3.8) is 0 Å². The van der Waals surface area contributed by atoms with E-state index in [2.05, 4.69) is 11.8 Å². The number of likely N-dealkylation sites (N-methyl/N-ethyl adjacent to an activating group) is 2. The van der Waals surface area contributed by atoms with Gasteiger partial charge < -0.3 is 10.0 Å². The Kier molecular flexibility index (Phi) is 6.78. The van der Waals surface area contributed by atoms with E-state index in [0.717, 1.165) is 11.1 Å². The van der Waals surface area contributed by atoms with Gasteiger partial charge in [0.25, 0.3) is 0 Å². The van der Waals surface area contributed by atoms with Gasteiger partial charge >= 0.3 is 0 Å². The van der Waals surface area contributed by atoms with Gasteiger partial charge in [0.05, 0.1) is 13.2 Å². The van der Waals surface area contributed by atoms with Gasteiger partial charge in [-0.2, -0.15) is 0 Å². The van der Waals surface area contributed by atoms with Crippen molar-refractivity contribution in [3.05, 3.63) is 35.4 Å². The van der Waals surface area contributed by atoms with E-state index >= 15 is 0 Å². The molecule has 20 heavy (non-hydrogen) atoms. The minimum atomic E-state index is 0.0854. The number of rotatable bonds is 5. The van der Waals surface area contributed by atoms with Gasteiger partial charge in [0.15, 0.2) is 0 Å². The average Bonchev–Trinajstić information content (AvgIpc) is 2.39. The highest BCUT2D eigenvalue weighted by Gasteiger charge is 2.08. The first-order chi connectivity index (χ1) is 9.52. The number of benzene rings is 1. The number of aliphatic hydroxyl groups excluding tert-OH is 1. The van der Waals surface area contributed by atoms with Crippen molar-refractivity contribution in [2.75, 3.05) is 34.3 Å². The maximum Gasteiger partial charge on any atom is 0.236 e. The molecule has 1 N–H and O–H groups in total. The third kappa shape index (κ3) is 5.87. The van der Waals surface area contributed by atoms with E-state index in [4.69, 9.17) is 5.11 Å². The summed E-state index contributed by atoms with van der Waals surface area (Å²) < 4.78 is 0. The Labute approximate surface area is 121 Å². The van der Waals surface area contributed by atoms with Crippen LogP contribution in [0.15, 0.2) is 24.3 Å². The van der Waals surface area contributed by atoms with Crippen molar-refractivity contribution < 1.29 is 9.90 Å². The molecule has 0 unspecified atom stereocenters. The fourth-order valence-electron chi connectivity index (χ4n) is 1.71. The van der Waals surface area contributed by atoms with E-state index < -0.39 is 0 Å². The molecular weight excluding hydrogens is 252 g/mol. The molecule has 0 fully saturated rings. The van der Waals surface area contributed by atoms with E-state index in [9.17, 15) is 4.79 Å². The van der Waals surface area contributed by atoms with Crippen molar-refractivity contribution >= 4 is 5.91 Å². The monoisotopic (exact) mass is 274 g/mol. The van der Waals surface area contributed by atoms with Crippen LogP contribution < -0.4 is 0 Å².